The Labute approximate surface area is 297 Å². The highest BCUT2D eigenvalue weighted by atomic mass is 19.4. The van der Waals surface area contributed by atoms with E-state index in [9.17, 15) is 32.7 Å². The van der Waals surface area contributed by atoms with Crippen LogP contribution in [0.25, 0.3) is 6.08 Å². The Hall–Kier alpha value is -5.18. The lowest BCUT2D eigenvalue weighted by Gasteiger charge is -2.37. The highest BCUT2D eigenvalue weighted by molar-refractivity contribution is 5.81. The van der Waals surface area contributed by atoms with E-state index >= 15 is 0 Å². The minimum Gasteiger partial charge on any atom is -0.497 e. The average Bonchev–Trinajstić information content (AvgIpc) is 3.52. The molecule has 0 aliphatic carbocycles. The molecule has 0 unspecified atom stereocenters. The number of benzene rings is 3. The van der Waals surface area contributed by atoms with E-state index in [-0.39, 0.29) is 25.1 Å². The summed E-state index contributed by atoms with van der Waals surface area (Å²) in [6.07, 6.45) is -2.08. The highest BCUT2D eigenvalue weighted by Gasteiger charge is 2.42. The molecule has 3 atom stereocenters. The Kier molecular flexibility index (Phi) is 12.4. The molecule has 11 nitrogen and oxygen atoms in total. The fraction of sp³-hybridized carbons (Fsp3) is 0.342. The molecule has 0 radical (unpaired) electrons. The van der Waals surface area contributed by atoms with Crippen molar-refractivity contribution in [3.8, 4) is 11.5 Å². The molecule has 0 saturated carbocycles. The van der Waals surface area contributed by atoms with Gasteiger partial charge >= 0.3 is 17.8 Å². The number of H-pyrrole nitrogens is 1. The summed E-state index contributed by atoms with van der Waals surface area (Å²) in [7, 11) is 3.17. The number of hydrogen-bond donors (Lipinski definition) is 3. The first-order valence-corrected chi connectivity index (χ1v) is 16.7. The fourth-order valence-corrected chi connectivity index (χ4v) is 6.05. The van der Waals surface area contributed by atoms with Crippen molar-refractivity contribution in [2.24, 2.45) is 0 Å². The van der Waals surface area contributed by atoms with Crippen molar-refractivity contribution in [2.75, 3.05) is 27.4 Å². The summed E-state index contributed by atoms with van der Waals surface area (Å²) in [5.41, 5.74) is -0.00592. The zero-order chi connectivity index (χ0) is 37.3. The van der Waals surface area contributed by atoms with Crippen molar-refractivity contribution in [1.82, 2.24) is 14.9 Å². The van der Waals surface area contributed by atoms with Gasteiger partial charge in [-0.2, -0.15) is 13.2 Å². The summed E-state index contributed by atoms with van der Waals surface area (Å²) in [5, 5.41) is 13.0. The maximum atomic E-state index is 12.9. The van der Waals surface area contributed by atoms with E-state index in [1.807, 2.05) is 84.2 Å². The van der Waals surface area contributed by atoms with Crippen molar-refractivity contribution in [1.29, 1.82) is 0 Å². The monoisotopic (exact) mass is 723 g/mol. The van der Waals surface area contributed by atoms with Gasteiger partial charge in [0.2, 0.25) is 0 Å². The van der Waals surface area contributed by atoms with Crippen molar-refractivity contribution in [3.05, 3.63) is 134 Å². The van der Waals surface area contributed by atoms with Gasteiger partial charge in [-0.05, 0) is 60.2 Å². The molecule has 1 aliphatic heterocycles. The maximum absolute atomic E-state index is 12.9. The van der Waals surface area contributed by atoms with E-state index in [1.54, 1.807) is 20.3 Å². The maximum Gasteiger partial charge on any atom is 0.471 e. The number of unbranched alkanes of at least 4 members (excludes halogenated alkanes) is 2. The summed E-state index contributed by atoms with van der Waals surface area (Å²) in [6.45, 7) is -0.227. The number of carbonyl (C=O) groups excluding carboxylic acids is 1. The van der Waals surface area contributed by atoms with Gasteiger partial charge in [0, 0.05) is 19.2 Å². The lowest BCUT2D eigenvalue weighted by atomic mass is 9.80. The molecule has 1 aromatic heterocycles. The normalized spacial score (nSPS) is 17.7. The number of carbonyl (C=O) groups is 1. The van der Waals surface area contributed by atoms with Crippen LogP contribution >= 0.6 is 0 Å². The number of amides is 1. The molecule has 1 saturated heterocycles. The van der Waals surface area contributed by atoms with Crippen molar-refractivity contribution in [3.63, 3.8) is 0 Å². The number of allylic oxidation sites excluding steroid dienone is 1. The predicted octanol–water partition coefficient (Wildman–Crippen LogP) is 5.07. The number of aliphatic hydroxyl groups excluding tert-OH is 1. The Morgan fingerprint density at radius 1 is 0.942 bits per heavy atom. The molecule has 1 amide bonds. The predicted molar refractivity (Wildman–Crippen MR) is 186 cm³/mol. The molecule has 52 heavy (non-hydrogen) atoms. The first-order chi connectivity index (χ1) is 25.0. The van der Waals surface area contributed by atoms with Crippen molar-refractivity contribution < 1.29 is 42.0 Å². The van der Waals surface area contributed by atoms with Gasteiger partial charge in [0.15, 0.2) is 0 Å². The second-order valence-electron chi connectivity index (χ2n) is 12.2. The number of aromatic amines is 1. The second kappa shape index (κ2) is 16.9. The summed E-state index contributed by atoms with van der Waals surface area (Å²) in [4.78, 5) is 38.7. The number of aromatic nitrogens is 2. The molecular weight excluding hydrogens is 683 g/mol. The van der Waals surface area contributed by atoms with Gasteiger partial charge in [-0.1, -0.05) is 66.7 Å². The van der Waals surface area contributed by atoms with Gasteiger partial charge in [0.1, 0.15) is 29.4 Å². The summed E-state index contributed by atoms with van der Waals surface area (Å²) in [5.74, 6) is -0.670. The van der Waals surface area contributed by atoms with Crippen molar-refractivity contribution in [2.45, 2.75) is 55.9 Å². The molecule has 0 spiro atoms. The van der Waals surface area contributed by atoms with Crippen LogP contribution in [0.3, 0.4) is 0 Å². The quantitative estimate of drug-likeness (QED) is 0.114. The van der Waals surface area contributed by atoms with Crippen molar-refractivity contribution >= 4 is 12.0 Å². The Balaban J connectivity index is 1.34. The van der Waals surface area contributed by atoms with Gasteiger partial charge in [0.25, 0.3) is 5.56 Å². The number of hydrogen-bond acceptors (Lipinski definition) is 8. The van der Waals surface area contributed by atoms with Crippen LogP contribution in [0, 0.1) is 0 Å². The summed E-state index contributed by atoms with van der Waals surface area (Å²) in [6, 6.07) is 24.6. The molecule has 4 aromatic rings. The number of alkyl halides is 3. The van der Waals surface area contributed by atoms with E-state index in [2.05, 4.69) is 4.98 Å². The topological polar surface area (TPSA) is 141 Å². The highest BCUT2D eigenvalue weighted by Crippen LogP contribution is 2.42. The minimum absolute atomic E-state index is 0.0379. The van der Waals surface area contributed by atoms with Crippen LogP contribution in [0.4, 0.5) is 13.2 Å². The first-order valence-electron chi connectivity index (χ1n) is 16.7. The van der Waals surface area contributed by atoms with E-state index < -0.39 is 47.4 Å². The second-order valence-corrected chi connectivity index (χ2v) is 12.2. The van der Waals surface area contributed by atoms with E-state index in [4.69, 9.17) is 18.9 Å². The number of methoxy groups -OCH3 is 2. The third-order valence-electron chi connectivity index (χ3n) is 8.79. The average molecular weight is 724 g/mol. The molecule has 3 N–H and O–H groups in total. The molecule has 1 fully saturated rings. The molecule has 2 heterocycles. The first kappa shape index (κ1) is 38.1. The molecule has 276 valence electrons. The van der Waals surface area contributed by atoms with Gasteiger partial charge in [0.05, 0.1) is 32.5 Å². The molecule has 14 heteroatoms. The van der Waals surface area contributed by atoms with Gasteiger partial charge in [-0.25, -0.2) is 4.79 Å². The number of aliphatic hydroxyl groups is 1. The number of ether oxygens (including phenoxy) is 4. The summed E-state index contributed by atoms with van der Waals surface area (Å²) < 4.78 is 62.1. The SMILES string of the molecule is COc1ccc(C(OC[C@H]2O[C@@H](n3cc(C=CCCCCNC(=O)C(F)(F)F)c(=O)[nH]c3=O)C[C@@H]2O)(c2ccccc2)c2ccc(OC)cc2)cc1. The lowest BCUT2D eigenvalue weighted by Crippen LogP contribution is -2.38. The minimum atomic E-state index is -4.93. The Morgan fingerprint density at radius 2 is 1.54 bits per heavy atom. The molecule has 0 bridgehead atoms. The number of rotatable bonds is 15. The van der Waals surface area contributed by atoms with Gasteiger partial charge in [-0.3, -0.25) is 19.1 Å². The third-order valence-corrected chi connectivity index (χ3v) is 8.79. The van der Waals surface area contributed by atoms with Crippen LogP contribution < -0.4 is 26.0 Å². The molecule has 3 aromatic carbocycles. The van der Waals surface area contributed by atoms with E-state index in [0.29, 0.717) is 30.8 Å². The number of nitrogens with one attached hydrogen (secondary N) is 2. The standard InChI is InChI=1S/C38H40F3N3O8/c1-49-29-17-13-27(14-18-29)37(26-11-7-5-8-12-26,28-15-19-30(50-2)20-16-28)51-24-32-31(45)22-33(52-32)44-23-25(34(46)43-36(44)48)10-6-3-4-9-21-42-35(47)38(39,40)41/h5-8,10-20,23,31-33,45H,3-4,9,21-22,24H2,1-2H3,(H,42,47)(H,43,46,48)/t31-,32+,33+/m0/s1. The zero-order valence-corrected chi connectivity index (χ0v) is 28.6. The van der Waals surface area contributed by atoms with Crippen LogP contribution in [0.5, 0.6) is 11.5 Å². The smallest absolute Gasteiger partial charge is 0.471 e. The van der Waals surface area contributed by atoms with Crippen LogP contribution in [-0.4, -0.2) is 66.3 Å². The van der Waals surface area contributed by atoms with Gasteiger partial charge in [-0.15, -0.1) is 0 Å². The van der Waals surface area contributed by atoms with Crippen LogP contribution in [-0.2, 0) is 19.9 Å². The molecular formula is C38H40F3N3O8. The van der Waals surface area contributed by atoms with E-state index in [0.717, 1.165) is 16.7 Å². The number of nitrogens with zero attached hydrogens (tertiary/aromatic N) is 1. The van der Waals surface area contributed by atoms with E-state index in [1.165, 1.54) is 16.8 Å². The molecule has 1 aliphatic rings. The lowest BCUT2D eigenvalue weighted by molar-refractivity contribution is -0.173. The zero-order valence-electron chi connectivity index (χ0n) is 28.6. The Morgan fingerprint density at radius 3 is 2.12 bits per heavy atom. The number of halogens is 3. The fourth-order valence-electron chi connectivity index (χ4n) is 6.05. The van der Waals surface area contributed by atoms with Crippen LogP contribution in [0.2, 0.25) is 0 Å². The third kappa shape index (κ3) is 8.81. The molecule has 5 rings (SSSR count). The van der Waals surface area contributed by atoms with Crippen LogP contribution in [0.1, 0.15) is 54.2 Å². The largest absolute Gasteiger partial charge is 0.497 e. The van der Waals surface area contributed by atoms with Gasteiger partial charge < -0.3 is 29.4 Å². The Bertz CT molecular complexity index is 1880. The summed E-state index contributed by atoms with van der Waals surface area (Å²) >= 11 is 0. The van der Waals surface area contributed by atoms with Crippen LogP contribution in [0.15, 0.2) is 101 Å².